The molecule has 1 heterocycles. The second kappa shape index (κ2) is 11.1. The molecule has 0 atom stereocenters. The van der Waals surface area contributed by atoms with Crippen LogP contribution in [0.3, 0.4) is 0 Å². The van der Waals surface area contributed by atoms with Crippen molar-refractivity contribution >= 4 is 21.5 Å². The first kappa shape index (κ1) is 25.8. The summed E-state index contributed by atoms with van der Waals surface area (Å²) in [5.41, 5.74) is 9.69. The molecule has 0 aliphatic rings. The Hall–Kier alpha value is -5.86. The largest absolute Gasteiger partial charge is 0.228 e. The van der Waals surface area contributed by atoms with Crippen molar-refractivity contribution in [2.75, 3.05) is 0 Å². The monoisotopic (exact) mass is 560 g/mol. The molecule has 0 bridgehead atoms. The van der Waals surface area contributed by atoms with Gasteiger partial charge >= 0.3 is 0 Å². The molecule has 206 valence electrons. The normalized spacial score (nSPS) is 11.2. The van der Waals surface area contributed by atoms with Crippen LogP contribution in [-0.2, 0) is 0 Å². The highest BCUT2D eigenvalue weighted by Crippen LogP contribution is 2.35. The molecule has 0 radical (unpaired) electrons. The smallest absolute Gasteiger partial charge is 0.161 e. The highest BCUT2D eigenvalue weighted by molar-refractivity contribution is 5.98. The van der Waals surface area contributed by atoms with Crippen molar-refractivity contribution in [1.82, 2.24) is 9.97 Å². The number of rotatable bonds is 5. The van der Waals surface area contributed by atoms with Crippen molar-refractivity contribution in [3.05, 3.63) is 170 Å². The van der Waals surface area contributed by atoms with Crippen LogP contribution in [-0.4, -0.2) is 9.97 Å². The van der Waals surface area contributed by atoms with Crippen LogP contribution in [0, 0.1) is 0 Å². The second-order valence-electron chi connectivity index (χ2n) is 11.0. The van der Waals surface area contributed by atoms with E-state index < -0.39 is 0 Å². The average Bonchev–Trinajstić information content (AvgIpc) is 3.11. The molecule has 8 rings (SSSR count). The number of aromatic nitrogens is 2. The minimum Gasteiger partial charge on any atom is -0.228 e. The summed E-state index contributed by atoms with van der Waals surface area (Å²) >= 11 is 0. The summed E-state index contributed by atoms with van der Waals surface area (Å²) in [6, 6.07) is 59.8. The van der Waals surface area contributed by atoms with Crippen LogP contribution in [0.15, 0.2) is 170 Å². The summed E-state index contributed by atoms with van der Waals surface area (Å²) in [5, 5.41) is 4.79. The minimum atomic E-state index is 0.719. The maximum absolute atomic E-state index is 5.20. The van der Waals surface area contributed by atoms with Gasteiger partial charge in [-0.25, -0.2) is 9.97 Å². The number of fused-ring (bicyclic) bond motifs is 2. The summed E-state index contributed by atoms with van der Waals surface area (Å²) < 4.78 is 0. The predicted octanol–water partition coefficient (Wildman–Crippen LogP) is 11.1. The van der Waals surface area contributed by atoms with E-state index in [1.54, 1.807) is 0 Å². The molecular weight excluding hydrogens is 532 g/mol. The maximum Gasteiger partial charge on any atom is 0.161 e. The molecule has 2 heteroatoms. The zero-order chi connectivity index (χ0) is 29.3. The van der Waals surface area contributed by atoms with E-state index in [1.807, 2.05) is 6.07 Å². The van der Waals surface area contributed by atoms with Gasteiger partial charge in [0.1, 0.15) is 0 Å². The summed E-state index contributed by atoms with van der Waals surface area (Å²) in [6.07, 6.45) is 0. The lowest BCUT2D eigenvalue weighted by molar-refractivity contribution is 1.19. The molecule has 0 amide bonds. The van der Waals surface area contributed by atoms with Crippen molar-refractivity contribution in [3.8, 4) is 56.2 Å². The lowest BCUT2D eigenvalue weighted by Crippen LogP contribution is -1.97. The van der Waals surface area contributed by atoms with Crippen LogP contribution in [0.2, 0.25) is 0 Å². The molecule has 0 unspecified atom stereocenters. The summed E-state index contributed by atoms with van der Waals surface area (Å²) in [4.78, 5) is 10.4. The van der Waals surface area contributed by atoms with Gasteiger partial charge in [-0.3, -0.25) is 0 Å². The van der Waals surface area contributed by atoms with Gasteiger partial charge in [-0.15, -0.1) is 0 Å². The molecule has 0 saturated heterocycles. The molecule has 44 heavy (non-hydrogen) atoms. The third-order valence-electron chi connectivity index (χ3n) is 8.30. The Morgan fingerprint density at radius 3 is 1.50 bits per heavy atom. The average molecular weight is 561 g/mol. The van der Waals surface area contributed by atoms with Crippen molar-refractivity contribution in [1.29, 1.82) is 0 Å². The van der Waals surface area contributed by atoms with Crippen molar-refractivity contribution in [3.63, 3.8) is 0 Å². The Bertz CT molecular complexity index is 2260. The van der Waals surface area contributed by atoms with Crippen molar-refractivity contribution in [2.45, 2.75) is 0 Å². The standard InChI is InChI=1S/C42H28N2/c1-2-11-29(12-3-1)30-23-25-33(26-24-30)40-28-41(44-42(43-40)39-22-10-16-32-14-5-7-20-37(32)39)35-18-8-17-34(27-35)38-21-9-15-31-13-4-6-19-36(31)38/h1-28H. The number of benzene rings is 7. The Kier molecular flexibility index (Phi) is 6.51. The van der Waals surface area contributed by atoms with Crippen LogP contribution in [0.4, 0.5) is 0 Å². The molecule has 0 fully saturated rings. The van der Waals surface area contributed by atoms with Crippen LogP contribution < -0.4 is 0 Å². The van der Waals surface area contributed by atoms with E-state index >= 15 is 0 Å². The molecule has 8 aromatic rings. The first-order valence-electron chi connectivity index (χ1n) is 14.9. The first-order chi connectivity index (χ1) is 21.8. The molecule has 1 aromatic heterocycles. The van der Waals surface area contributed by atoms with Gasteiger partial charge in [0.25, 0.3) is 0 Å². The summed E-state index contributed by atoms with van der Waals surface area (Å²) in [6.45, 7) is 0. The van der Waals surface area contributed by atoms with Gasteiger partial charge in [0.05, 0.1) is 11.4 Å². The predicted molar refractivity (Wildman–Crippen MR) is 184 cm³/mol. The highest BCUT2D eigenvalue weighted by Gasteiger charge is 2.14. The fourth-order valence-electron chi connectivity index (χ4n) is 6.07. The van der Waals surface area contributed by atoms with E-state index in [4.69, 9.17) is 9.97 Å². The van der Waals surface area contributed by atoms with Gasteiger partial charge in [-0.05, 0) is 55.9 Å². The van der Waals surface area contributed by atoms with Gasteiger partial charge in [0, 0.05) is 16.7 Å². The molecule has 2 nitrogen and oxygen atoms in total. The van der Waals surface area contributed by atoms with Crippen LogP contribution >= 0.6 is 0 Å². The number of hydrogen-bond acceptors (Lipinski definition) is 2. The summed E-state index contributed by atoms with van der Waals surface area (Å²) in [7, 11) is 0. The van der Waals surface area contributed by atoms with Gasteiger partial charge in [-0.1, -0.05) is 158 Å². The van der Waals surface area contributed by atoms with E-state index in [0.29, 0.717) is 0 Å². The zero-order valence-corrected chi connectivity index (χ0v) is 24.1. The van der Waals surface area contributed by atoms with Crippen LogP contribution in [0.1, 0.15) is 0 Å². The Labute approximate surface area is 257 Å². The van der Waals surface area contributed by atoms with Gasteiger partial charge in [0.15, 0.2) is 5.82 Å². The SMILES string of the molecule is c1ccc(-c2ccc(-c3cc(-c4cccc(-c5cccc6ccccc56)c4)nc(-c4cccc5ccccc45)n3)cc2)cc1. The number of hydrogen-bond donors (Lipinski definition) is 0. The highest BCUT2D eigenvalue weighted by atomic mass is 14.9. The fourth-order valence-corrected chi connectivity index (χ4v) is 6.07. The van der Waals surface area contributed by atoms with E-state index in [0.717, 1.165) is 39.3 Å². The number of nitrogens with zero attached hydrogens (tertiary/aromatic N) is 2. The van der Waals surface area contributed by atoms with Crippen LogP contribution in [0.5, 0.6) is 0 Å². The van der Waals surface area contributed by atoms with Gasteiger partial charge in [0.2, 0.25) is 0 Å². The quantitative estimate of drug-likeness (QED) is 0.209. The lowest BCUT2D eigenvalue weighted by Gasteiger charge is -2.13. The molecule has 0 N–H and O–H groups in total. The Morgan fingerprint density at radius 1 is 0.295 bits per heavy atom. The molecular formula is C42H28N2. The lowest BCUT2D eigenvalue weighted by atomic mass is 9.96. The maximum atomic E-state index is 5.20. The van der Waals surface area contributed by atoms with Crippen LogP contribution in [0.25, 0.3) is 77.7 Å². The topological polar surface area (TPSA) is 25.8 Å². The van der Waals surface area contributed by atoms with Crippen molar-refractivity contribution in [2.24, 2.45) is 0 Å². The van der Waals surface area contributed by atoms with Gasteiger partial charge < -0.3 is 0 Å². The first-order valence-corrected chi connectivity index (χ1v) is 14.9. The molecule has 0 saturated carbocycles. The minimum absolute atomic E-state index is 0.719. The Morgan fingerprint density at radius 2 is 0.773 bits per heavy atom. The fraction of sp³-hybridized carbons (Fsp3) is 0. The van der Waals surface area contributed by atoms with E-state index in [9.17, 15) is 0 Å². The molecule has 0 spiro atoms. The molecule has 0 aliphatic carbocycles. The van der Waals surface area contributed by atoms with E-state index in [2.05, 4.69) is 164 Å². The van der Waals surface area contributed by atoms with Gasteiger partial charge in [-0.2, -0.15) is 0 Å². The molecule has 7 aromatic carbocycles. The third kappa shape index (κ3) is 4.83. The summed E-state index contributed by atoms with van der Waals surface area (Å²) in [5.74, 6) is 0.719. The molecule has 0 aliphatic heterocycles. The Balaban J connectivity index is 1.29. The van der Waals surface area contributed by atoms with E-state index in [-0.39, 0.29) is 0 Å². The van der Waals surface area contributed by atoms with Crippen molar-refractivity contribution < 1.29 is 0 Å². The third-order valence-corrected chi connectivity index (χ3v) is 8.30. The second-order valence-corrected chi connectivity index (χ2v) is 11.0. The van der Waals surface area contributed by atoms with E-state index in [1.165, 1.54) is 38.4 Å². The zero-order valence-electron chi connectivity index (χ0n) is 24.1.